The summed E-state index contributed by atoms with van der Waals surface area (Å²) in [5.41, 5.74) is 0.785. The van der Waals surface area contributed by atoms with E-state index in [0.29, 0.717) is 19.8 Å². The van der Waals surface area contributed by atoms with Crippen molar-refractivity contribution in [2.45, 2.75) is 19.1 Å². The molecular weight excluding hydrogens is 220 g/mol. The monoisotopic (exact) mass is 238 g/mol. The third-order valence-corrected chi connectivity index (χ3v) is 2.98. The molecule has 0 aromatic carbocycles. The van der Waals surface area contributed by atoms with E-state index < -0.39 is 6.10 Å². The summed E-state index contributed by atoms with van der Waals surface area (Å²) in [6, 6.07) is 3.58. The number of morpholine rings is 1. The second-order valence-corrected chi connectivity index (χ2v) is 4.20. The zero-order valence-electron chi connectivity index (χ0n) is 9.91. The van der Waals surface area contributed by atoms with Crippen molar-refractivity contribution >= 4 is 5.82 Å². The van der Waals surface area contributed by atoms with Crippen LogP contribution in [-0.4, -0.2) is 47.6 Å². The van der Waals surface area contributed by atoms with Gasteiger partial charge in [0.2, 0.25) is 0 Å². The van der Waals surface area contributed by atoms with Gasteiger partial charge in [0.1, 0.15) is 5.82 Å². The first kappa shape index (κ1) is 12.3. The second-order valence-electron chi connectivity index (χ2n) is 4.20. The molecule has 5 nitrogen and oxygen atoms in total. The highest BCUT2D eigenvalue weighted by molar-refractivity contribution is 5.49. The molecule has 94 valence electrons. The normalized spacial score (nSPS) is 22.5. The van der Waals surface area contributed by atoms with Crippen LogP contribution in [-0.2, 0) is 4.74 Å². The quantitative estimate of drug-likeness (QED) is 0.794. The van der Waals surface area contributed by atoms with E-state index in [0.717, 1.165) is 11.4 Å². The molecule has 1 aliphatic rings. The van der Waals surface area contributed by atoms with E-state index in [1.807, 2.05) is 11.0 Å². The van der Waals surface area contributed by atoms with E-state index in [9.17, 15) is 10.2 Å². The Kier molecular flexibility index (Phi) is 3.93. The number of rotatable bonds is 3. The van der Waals surface area contributed by atoms with Gasteiger partial charge < -0.3 is 19.8 Å². The summed E-state index contributed by atoms with van der Waals surface area (Å²) in [7, 11) is 0. The fraction of sp³-hybridized carbons (Fsp3) is 0.583. The average Bonchev–Trinajstić information content (AvgIpc) is 2.38. The maximum absolute atomic E-state index is 9.73. The number of hydrogen-bond acceptors (Lipinski definition) is 5. The van der Waals surface area contributed by atoms with E-state index in [2.05, 4.69) is 4.98 Å². The van der Waals surface area contributed by atoms with E-state index in [1.54, 1.807) is 19.2 Å². The van der Waals surface area contributed by atoms with E-state index in [4.69, 9.17) is 4.74 Å². The standard InChI is InChI=1S/C12H18N2O3/c1-9(16)11-3-2-4-13-12(11)14-5-6-17-8-10(14)7-15/h2-4,9-10,15-16H,5-8H2,1H3/t9-,10?/m0/s1. The highest BCUT2D eigenvalue weighted by Gasteiger charge is 2.26. The lowest BCUT2D eigenvalue weighted by molar-refractivity contribution is 0.0718. The summed E-state index contributed by atoms with van der Waals surface area (Å²) >= 11 is 0. The van der Waals surface area contributed by atoms with Crippen LogP contribution in [0, 0.1) is 0 Å². The number of pyridine rings is 1. The first-order chi connectivity index (χ1) is 8.24. The fourth-order valence-corrected chi connectivity index (χ4v) is 2.06. The van der Waals surface area contributed by atoms with Crippen LogP contribution in [0.1, 0.15) is 18.6 Å². The maximum Gasteiger partial charge on any atom is 0.134 e. The van der Waals surface area contributed by atoms with Gasteiger partial charge in [-0.1, -0.05) is 6.07 Å². The molecule has 2 heterocycles. The van der Waals surface area contributed by atoms with Gasteiger partial charge in [-0.2, -0.15) is 0 Å². The molecule has 1 aliphatic heterocycles. The number of nitrogens with zero attached hydrogens (tertiary/aromatic N) is 2. The summed E-state index contributed by atoms with van der Waals surface area (Å²) in [6.07, 6.45) is 1.13. The van der Waals surface area contributed by atoms with Crippen LogP contribution >= 0.6 is 0 Å². The molecule has 2 atom stereocenters. The van der Waals surface area contributed by atoms with E-state index in [1.165, 1.54) is 0 Å². The van der Waals surface area contributed by atoms with Crippen LogP contribution in [0.4, 0.5) is 5.82 Å². The molecule has 0 aliphatic carbocycles. The molecule has 0 amide bonds. The van der Waals surface area contributed by atoms with Gasteiger partial charge in [0.25, 0.3) is 0 Å². The van der Waals surface area contributed by atoms with Gasteiger partial charge in [-0.3, -0.25) is 0 Å². The molecule has 5 heteroatoms. The van der Waals surface area contributed by atoms with Crippen molar-refractivity contribution in [3.63, 3.8) is 0 Å². The van der Waals surface area contributed by atoms with Crippen molar-refractivity contribution in [2.75, 3.05) is 31.3 Å². The van der Waals surface area contributed by atoms with Crippen molar-refractivity contribution in [1.82, 2.24) is 4.98 Å². The van der Waals surface area contributed by atoms with Gasteiger partial charge in [0.15, 0.2) is 0 Å². The highest BCUT2D eigenvalue weighted by atomic mass is 16.5. The van der Waals surface area contributed by atoms with Crippen LogP contribution in [0.25, 0.3) is 0 Å². The van der Waals surface area contributed by atoms with E-state index in [-0.39, 0.29) is 12.6 Å². The lowest BCUT2D eigenvalue weighted by Gasteiger charge is -2.36. The highest BCUT2D eigenvalue weighted by Crippen LogP contribution is 2.26. The number of aliphatic hydroxyl groups is 2. The van der Waals surface area contributed by atoms with Crippen molar-refractivity contribution in [3.05, 3.63) is 23.9 Å². The van der Waals surface area contributed by atoms with Crippen molar-refractivity contribution in [1.29, 1.82) is 0 Å². The van der Waals surface area contributed by atoms with Gasteiger partial charge in [-0.05, 0) is 13.0 Å². The zero-order chi connectivity index (χ0) is 12.3. The molecule has 17 heavy (non-hydrogen) atoms. The number of anilines is 1. The Bertz CT molecular complexity index is 371. The van der Waals surface area contributed by atoms with Gasteiger partial charge >= 0.3 is 0 Å². The lowest BCUT2D eigenvalue weighted by atomic mass is 10.1. The van der Waals surface area contributed by atoms with Crippen molar-refractivity contribution in [3.8, 4) is 0 Å². The van der Waals surface area contributed by atoms with Gasteiger partial charge in [0.05, 0.1) is 32.0 Å². The van der Waals surface area contributed by atoms with Crippen LogP contribution in [0.5, 0.6) is 0 Å². The molecule has 1 saturated heterocycles. The summed E-state index contributed by atoms with van der Waals surface area (Å²) in [5.74, 6) is 0.741. The molecule has 2 N–H and O–H groups in total. The first-order valence-corrected chi connectivity index (χ1v) is 5.82. The third kappa shape index (κ3) is 2.57. The summed E-state index contributed by atoms with van der Waals surface area (Å²) in [6.45, 7) is 3.53. The van der Waals surface area contributed by atoms with Crippen LogP contribution in [0.3, 0.4) is 0 Å². The van der Waals surface area contributed by atoms with Gasteiger partial charge in [-0.15, -0.1) is 0 Å². The Morgan fingerprint density at radius 3 is 3.18 bits per heavy atom. The van der Waals surface area contributed by atoms with Gasteiger partial charge in [-0.25, -0.2) is 4.98 Å². The predicted octanol–water partition coefficient (Wildman–Crippen LogP) is 0.332. The fourth-order valence-electron chi connectivity index (χ4n) is 2.06. The zero-order valence-corrected chi connectivity index (χ0v) is 9.91. The molecule has 1 fully saturated rings. The summed E-state index contributed by atoms with van der Waals surface area (Å²) in [4.78, 5) is 6.33. The largest absolute Gasteiger partial charge is 0.394 e. The van der Waals surface area contributed by atoms with E-state index >= 15 is 0 Å². The minimum absolute atomic E-state index is 0.0236. The number of hydrogen-bond donors (Lipinski definition) is 2. The minimum atomic E-state index is -0.569. The smallest absolute Gasteiger partial charge is 0.134 e. The molecule has 1 aromatic rings. The Labute approximate surface area is 101 Å². The Morgan fingerprint density at radius 2 is 2.47 bits per heavy atom. The Morgan fingerprint density at radius 1 is 1.65 bits per heavy atom. The molecule has 0 bridgehead atoms. The molecule has 1 unspecified atom stereocenters. The van der Waals surface area contributed by atoms with Gasteiger partial charge in [0, 0.05) is 18.3 Å². The lowest BCUT2D eigenvalue weighted by Crippen LogP contribution is -2.48. The van der Waals surface area contributed by atoms with Crippen LogP contribution < -0.4 is 4.90 Å². The Balaban J connectivity index is 2.31. The number of aliphatic hydroxyl groups excluding tert-OH is 2. The molecule has 1 aromatic heterocycles. The number of ether oxygens (including phenoxy) is 1. The second kappa shape index (κ2) is 5.44. The molecule has 0 spiro atoms. The SMILES string of the molecule is C[C@H](O)c1cccnc1N1CCOCC1CO. The molecular formula is C12H18N2O3. The van der Waals surface area contributed by atoms with Crippen LogP contribution in [0.2, 0.25) is 0 Å². The minimum Gasteiger partial charge on any atom is -0.394 e. The summed E-state index contributed by atoms with van der Waals surface area (Å²) in [5, 5.41) is 19.1. The average molecular weight is 238 g/mol. The first-order valence-electron chi connectivity index (χ1n) is 5.82. The molecule has 0 radical (unpaired) electrons. The molecule has 0 saturated carbocycles. The van der Waals surface area contributed by atoms with Crippen molar-refractivity contribution < 1.29 is 14.9 Å². The molecule has 2 rings (SSSR count). The topological polar surface area (TPSA) is 65.8 Å². The predicted molar refractivity (Wildman–Crippen MR) is 63.9 cm³/mol. The van der Waals surface area contributed by atoms with Crippen molar-refractivity contribution in [2.24, 2.45) is 0 Å². The third-order valence-electron chi connectivity index (χ3n) is 2.98. The maximum atomic E-state index is 9.73. The number of aromatic nitrogens is 1. The summed E-state index contributed by atoms with van der Waals surface area (Å²) < 4.78 is 5.33. The van der Waals surface area contributed by atoms with Crippen LogP contribution in [0.15, 0.2) is 18.3 Å². The Hall–Kier alpha value is -1.17.